The van der Waals surface area contributed by atoms with Gasteiger partial charge in [-0.25, -0.2) is 0 Å². The van der Waals surface area contributed by atoms with Crippen molar-refractivity contribution in [2.24, 2.45) is 0 Å². The van der Waals surface area contributed by atoms with Crippen molar-refractivity contribution in [2.75, 3.05) is 18.5 Å². The van der Waals surface area contributed by atoms with Crippen LogP contribution >= 0.6 is 7.26 Å². The summed E-state index contributed by atoms with van der Waals surface area (Å²) >= 11 is 0. The van der Waals surface area contributed by atoms with E-state index in [-0.39, 0.29) is 0 Å². The maximum atomic E-state index is 2.41. The third-order valence-electron chi connectivity index (χ3n) is 4.36. The van der Waals surface area contributed by atoms with Gasteiger partial charge in [-0.05, 0) is 44.9 Å². The van der Waals surface area contributed by atoms with Gasteiger partial charge in [-0.15, -0.1) is 0 Å². The van der Waals surface area contributed by atoms with E-state index in [0.717, 1.165) is 0 Å². The standard InChI is InChI=1S/C15H32P/c1-4-12-16(13-5-2,14-6-3)15-10-8-7-9-11-15/h15H,4-14H2,1-3H3/q+1. The topological polar surface area (TPSA) is 0 Å². The monoisotopic (exact) mass is 243 g/mol. The van der Waals surface area contributed by atoms with Crippen LogP contribution in [0.1, 0.15) is 72.1 Å². The Morgan fingerprint density at radius 3 is 1.56 bits per heavy atom. The van der Waals surface area contributed by atoms with E-state index in [9.17, 15) is 0 Å². The number of hydrogen-bond acceptors (Lipinski definition) is 0. The second kappa shape index (κ2) is 7.70. The molecule has 0 radical (unpaired) electrons. The molecular formula is C15H32P+. The quantitative estimate of drug-likeness (QED) is 0.513. The molecule has 0 aromatic rings. The van der Waals surface area contributed by atoms with Gasteiger partial charge in [0.25, 0.3) is 0 Å². The Morgan fingerprint density at radius 2 is 1.19 bits per heavy atom. The molecule has 0 saturated heterocycles. The van der Waals surface area contributed by atoms with E-state index in [1.54, 1.807) is 31.3 Å². The lowest BCUT2D eigenvalue weighted by atomic mass is 10.0. The first kappa shape index (κ1) is 14.5. The average molecular weight is 243 g/mol. The molecule has 1 aliphatic carbocycles. The first-order valence-corrected chi connectivity index (χ1v) is 10.1. The number of hydrogen-bond donors (Lipinski definition) is 0. The van der Waals surface area contributed by atoms with Crippen LogP contribution in [0.5, 0.6) is 0 Å². The Hall–Kier alpha value is 0.430. The van der Waals surface area contributed by atoms with Crippen LogP contribution < -0.4 is 0 Å². The number of rotatable bonds is 7. The molecule has 0 heterocycles. The molecule has 0 bridgehead atoms. The minimum atomic E-state index is -0.572. The van der Waals surface area contributed by atoms with Crippen molar-refractivity contribution in [3.05, 3.63) is 0 Å². The fourth-order valence-corrected chi connectivity index (χ4v) is 9.75. The van der Waals surface area contributed by atoms with E-state index in [2.05, 4.69) is 20.8 Å². The van der Waals surface area contributed by atoms with Crippen molar-refractivity contribution in [1.29, 1.82) is 0 Å². The molecule has 0 aliphatic heterocycles. The van der Waals surface area contributed by atoms with Crippen molar-refractivity contribution in [3.8, 4) is 0 Å². The molecule has 0 aromatic heterocycles. The van der Waals surface area contributed by atoms with Crippen molar-refractivity contribution in [3.63, 3.8) is 0 Å². The van der Waals surface area contributed by atoms with E-state index in [1.807, 2.05) is 0 Å². The summed E-state index contributed by atoms with van der Waals surface area (Å²) in [6.07, 6.45) is 16.8. The van der Waals surface area contributed by atoms with Crippen LogP contribution in [0.2, 0.25) is 0 Å². The molecule has 0 atom stereocenters. The van der Waals surface area contributed by atoms with Gasteiger partial charge in [0, 0.05) is 7.26 Å². The van der Waals surface area contributed by atoms with E-state index in [1.165, 1.54) is 44.2 Å². The van der Waals surface area contributed by atoms with Crippen molar-refractivity contribution >= 4 is 7.26 Å². The van der Waals surface area contributed by atoms with Crippen LogP contribution in [0.15, 0.2) is 0 Å². The van der Waals surface area contributed by atoms with Gasteiger partial charge >= 0.3 is 0 Å². The van der Waals surface area contributed by atoms with Crippen LogP contribution in [-0.4, -0.2) is 24.1 Å². The second-order valence-electron chi connectivity index (χ2n) is 5.68. The highest BCUT2D eigenvalue weighted by Crippen LogP contribution is 2.67. The largest absolute Gasteiger partial charge is 0.0697 e. The fourth-order valence-electron chi connectivity index (χ4n) is 3.85. The summed E-state index contributed by atoms with van der Waals surface area (Å²) in [6.45, 7) is 7.22. The average Bonchev–Trinajstić information content (AvgIpc) is 2.31. The second-order valence-corrected chi connectivity index (χ2v) is 10.2. The molecular weight excluding hydrogens is 211 g/mol. The van der Waals surface area contributed by atoms with Crippen molar-refractivity contribution < 1.29 is 0 Å². The summed E-state index contributed by atoms with van der Waals surface area (Å²) in [5, 5.41) is 0. The highest BCUT2D eigenvalue weighted by molar-refractivity contribution is 7.76. The molecule has 1 aliphatic rings. The van der Waals surface area contributed by atoms with Crippen LogP contribution in [0.4, 0.5) is 0 Å². The minimum absolute atomic E-state index is 0.572. The van der Waals surface area contributed by atoms with E-state index in [4.69, 9.17) is 0 Å². The Bertz CT molecular complexity index is 153. The van der Waals surface area contributed by atoms with Gasteiger partial charge in [0.05, 0.1) is 24.1 Å². The first-order chi connectivity index (χ1) is 7.79. The van der Waals surface area contributed by atoms with Gasteiger partial charge < -0.3 is 0 Å². The summed E-state index contributed by atoms with van der Waals surface area (Å²) < 4.78 is 0. The normalized spacial score (nSPS) is 18.9. The van der Waals surface area contributed by atoms with Gasteiger partial charge in [-0.3, -0.25) is 0 Å². The third-order valence-corrected chi connectivity index (χ3v) is 10.4. The molecule has 0 amide bonds. The third kappa shape index (κ3) is 3.73. The summed E-state index contributed by atoms with van der Waals surface area (Å²) in [5.74, 6) is 0. The molecule has 0 unspecified atom stereocenters. The highest BCUT2D eigenvalue weighted by Gasteiger charge is 2.43. The summed E-state index contributed by atoms with van der Waals surface area (Å²) in [7, 11) is -0.572. The Morgan fingerprint density at radius 1 is 0.750 bits per heavy atom. The maximum Gasteiger partial charge on any atom is 0.0697 e. The highest BCUT2D eigenvalue weighted by atomic mass is 31.2. The van der Waals surface area contributed by atoms with E-state index >= 15 is 0 Å². The Balaban J connectivity index is 2.70. The van der Waals surface area contributed by atoms with E-state index < -0.39 is 7.26 Å². The Kier molecular flexibility index (Phi) is 6.97. The molecule has 1 saturated carbocycles. The molecule has 1 heteroatoms. The molecule has 0 aromatic carbocycles. The lowest BCUT2D eigenvalue weighted by Crippen LogP contribution is -2.24. The van der Waals surface area contributed by atoms with Gasteiger partial charge in [0.15, 0.2) is 0 Å². The fraction of sp³-hybridized carbons (Fsp3) is 1.00. The predicted octanol–water partition coefficient (Wildman–Crippen LogP) is 5.57. The van der Waals surface area contributed by atoms with Crippen molar-refractivity contribution in [2.45, 2.75) is 77.8 Å². The van der Waals surface area contributed by atoms with Crippen LogP contribution in [-0.2, 0) is 0 Å². The van der Waals surface area contributed by atoms with Crippen LogP contribution in [0.3, 0.4) is 0 Å². The zero-order chi connectivity index (χ0) is 11.9. The molecule has 96 valence electrons. The van der Waals surface area contributed by atoms with Gasteiger partial charge in [0.2, 0.25) is 0 Å². The molecule has 0 N–H and O–H groups in total. The van der Waals surface area contributed by atoms with Gasteiger partial charge in [0.1, 0.15) is 0 Å². The zero-order valence-corrected chi connectivity index (χ0v) is 12.7. The smallest absolute Gasteiger partial charge is 0.0619 e. The lowest BCUT2D eigenvalue weighted by Gasteiger charge is -2.37. The predicted molar refractivity (Wildman–Crippen MR) is 79.3 cm³/mol. The maximum absolute atomic E-state index is 2.41. The summed E-state index contributed by atoms with van der Waals surface area (Å²) in [5.41, 5.74) is 1.17. The molecule has 1 fully saturated rings. The van der Waals surface area contributed by atoms with Crippen LogP contribution in [0, 0.1) is 0 Å². The minimum Gasteiger partial charge on any atom is -0.0619 e. The first-order valence-electron chi connectivity index (χ1n) is 7.64. The molecule has 16 heavy (non-hydrogen) atoms. The van der Waals surface area contributed by atoms with E-state index in [0.29, 0.717) is 0 Å². The SMILES string of the molecule is CCC[P+](CCC)(CCC)C1CCCCC1. The summed E-state index contributed by atoms with van der Waals surface area (Å²) in [6, 6.07) is 0. The Labute approximate surface area is 104 Å². The van der Waals surface area contributed by atoms with Crippen molar-refractivity contribution in [1.82, 2.24) is 0 Å². The molecule has 0 nitrogen and oxygen atoms in total. The molecule has 1 rings (SSSR count). The lowest BCUT2D eigenvalue weighted by molar-refractivity contribution is 0.505. The van der Waals surface area contributed by atoms with Crippen LogP contribution in [0.25, 0.3) is 0 Å². The zero-order valence-electron chi connectivity index (χ0n) is 11.8. The summed E-state index contributed by atoms with van der Waals surface area (Å²) in [4.78, 5) is 0. The molecule has 0 spiro atoms. The van der Waals surface area contributed by atoms with Gasteiger partial charge in [-0.1, -0.05) is 27.2 Å². The van der Waals surface area contributed by atoms with Gasteiger partial charge in [-0.2, -0.15) is 0 Å².